The maximum absolute atomic E-state index is 12.1. The number of amides is 1. The summed E-state index contributed by atoms with van der Waals surface area (Å²) < 4.78 is 22.9. The fourth-order valence-corrected chi connectivity index (χ4v) is 4.51. The van der Waals surface area contributed by atoms with Crippen LogP contribution in [0.2, 0.25) is 0 Å². The minimum Gasteiger partial charge on any atom is -0.347 e. The van der Waals surface area contributed by atoms with Gasteiger partial charge >= 0.3 is 0 Å². The summed E-state index contributed by atoms with van der Waals surface area (Å²) in [7, 11) is -3.17. The van der Waals surface area contributed by atoms with E-state index in [1.807, 2.05) is 0 Å². The molecule has 2 rings (SSSR count). The van der Waals surface area contributed by atoms with Crippen LogP contribution >= 0.6 is 11.6 Å². The smallest absolute Gasteiger partial charge is 0.253 e. The van der Waals surface area contributed by atoms with Gasteiger partial charge in [0.05, 0.1) is 39.9 Å². The quantitative estimate of drug-likeness (QED) is 0.790. The first kappa shape index (κ1) is 14.2. The molecule has 1 aromatic rings. The number of nitrogens with zero attached hydrogens (tertiary/aromatic N) is 2. The molecule has 2 unspecified atom stereocenters. The highest BCUT2D eigenvalue weighted by Gasteiger charge is 2.37. The number of carbonyl (C=O) groups excluding carboxylic acids is 1. The third kappa shape index (κ3) is 3.22. The SMILES string of the molecule is Cc1cc(C(=O)NC2CS(=O)(=O)CC2Cl)c(C)nn1. The number of aromatic nitrogens is 2. The number of carbonyl (C=O) groups is 1. The Hall–Kier alpha value is -1.21. The van der Waals surface area contributed by atoms with Crippen molar-refractivity contribution in [2.24, 2.45) is 0 Å². The number of alkyl halides is 1. The highest BCUT2D eigenvalue weighted by molar-refractivity contribution is 7.91. The highest BCUT2D eigenvalue weighted by atomic mass is 35.5. The number of aryl methyl sites for hydroxylation is 2. The Morgan fingerprint density at radius 2 is 2.05 bits per heavy atom. The molecule has 0 bridgehead atoms. The summed E-state index contributed by atoms with van der Waals surface area (Å²) in [5.41, 5.74) is 1.51. The van der Waals surface area contributed by atoms with Crippen molar-refractivity contribution in [1.29, 1.82) is 0 Å². The van der Waals surface area contributed by atoms with Gasteiger partial charge in [-0.15, -0.1) is 11.6 Å². The van der Waals surface area contributed by atoms with Crippen molar-refractivity contribution in [2.45, 2.75) is 25.3 Å². The maximum atomic E-state index is 12.1. The largest absolute Gasteiger partial charge is 0.347 e. The van der Waals surface area contributed by atoms with Crippen molar-refractivity contribution >= 4 is 27.3 Å². The summed E-state index contributed by atoms with van der Waals surface area (Å²) in [6, 6.07) is 1.05. The second-order valence-electron chi connectivity index (χ2n) is 4.66. The molecule has 6 nitrogen and oxygen atoms in total. The van der Waals surface area contributed by atoms with Crippen molar-refractivity contribution in [3.8, 4) is 0 Å². The normalized spacial score (nSPS) is 25.2. The van der Waals surface area contributed by atoms with Gasteiger partial charge in [0.25, 0.3) is 5.91 Å². The lowest BCUT2D eigenvalue weighted by Crippen LogP contribution is -2.41. The number of hydrogen-bond acceptors (Lipinski definition) is 5. The molecule has 0 aromatic carbocycles. The van der Waals surface area contributed by atoms with Crippen LogP contribution in [0.4, 0.5) is 0 Å². The Kier molecular flexibility index (Phi) is 3.78. The van der Waals surface area contributed by atoms with E-state index in [0.29, 0.717) is 17.0 Å². The molecule has 8 heteroatoms. The summed E-state index contributed by atoms with van der Waals surface area (Å²) in [5, 5.41) is 9.76. The summed E-state index contributed by atoms with van der Waals surface area (Å²) in [5.74, 6) is -0.599. The Morgan fingerprint density at radius 3 is 2.63 bits per heavy atom. The second kappa shape index (κ2) is 5.05. The van der Waals surface area contributed by atoms with Gasteiger partial charge in [0, 0.05) is 0 Å². The average molecular weight is 304 g/mol. The zero-order chi connectivity index (χ0) is 14.2. The zero-order valence-corrected chi connectivity index (χ0v) is 12.1. The van der Waals surface area contributed by atoms with Gasteiger partial charge in [0.1, 0.15) is 0 Å². The molecule has 104 valence electrons. The molecule has 2 atom stereocenters. The zero-order valence-electron chi connectivity index (χ0n) is 10.6. The molecule has 0 spiro atoms. The van der Waals surface area contributed by atoms with Crippen LogP contribution in [-0.4, -0.2) is 47.4 Å². The third-order valence-corrected chi connectivity index (χ3v) is 5.32. The maximum Gasteiger partial charge on any atom is 0.253 e. The van der Waals surface area contributed by atoms with E-state index in [9.17, 15) is 13.2 Å². The minimum absolute atomic E-state index is 0.105. The monoisotopic (exact) mass is 303 g/mol. The van der Waals surface area contributed by atoms with Crippen molar-refractivity contribution in [1.82, 2.24) is 15.5 Å². The van der Waals surface area contributed by atoms with Gasteiger partial charge in [0.15, 0.2) is 9.84 Å². The topological polar surface area (TPSA) is 89.0 Å². The lowest BCUT2D eigenvalue weighted by atomic mass is 10.1. The molecular formula is C11H14ClN3O3S. The van der Waals surface area contributed by atoms with Crippen molar-refractivity contribution in [3.05, 3.63) is 23.0 Å². The van der Waals surface area contributed by atoms with Gasteiger partial charge in [-0.2, -0.15) is 10.2 Å². The Balaban J connectivity index is 2.16. The predicted octanol–water partition coefficient (Wildman–Crippen LogP) is 0.228. The minimum atomic E-state index is -3.17. The number of nitrogens with one attached hydrogen (secondary N) is 1. The second-order valence-corrected chi connectivity index (χ2v) is 7.37. The molecule has 1 fully saturated rings. The summed E-state index contributed by atoms with van der Waals surface area (Å²) in [6.07, 6.45) is 0. The van der Waals surface area contributed by atoms with Crippen LogP contribution in [0, 0.1) is 13.8 Å². The van der Waals surface area contributed by atoms with E-state index in [-0.39, 0.29) is 17.4 Å². The number of halogens is 1. The molecule has 1 N–H and O–H groups in total. The van der Waals surface area contributed by atoms with Crippen molar-refractivity contribution in [3.63, 3.8) is 0 Å². The van der Waals surface area contributed by atoms with Crippen molar-refractivity contribution in [2.75, 3.05) is 11.5 Å². The van der Waals surface area contributed by atoms with Crippen LogP contribution in [0.15, 0.2) is 6.07 Å². The standard InChI is InChI=1S/C11H14ClN3O3S/c1-6-3-8(7(2)15-14-6)11(16)13-10-5-19(17,18)4-9(10)12/h3,9-10H,4-5H2,1-2H3,(H,13,16). The molecule has 19 heavy (non-hydrogen) atoms. The molecule has 2 heterocycles. The number of rotatable bonds is 2. The molecule has 0 aliphatic carbocycles. The first-order valence-electron chi connectivity index (χ1n) is 5.75. The molecular weight excluding hydrogens is 290 g/mol. The fraction of sp³-hybridized carbons (Fsp3) is 0.545. The van der Waals surface area contributed by atoms with Crippen LogP contribution < -0.4 is 5.32 Å². The Bertz CT molecular complexity index is 618. The lowest BCUT2D eigenvalue weighted by molar-refractivity contribution is 0.0940. The van der Waals surface area contributed by atoms with Gasteiger partial charge in [-0.1, -0.05) is 0 Å². The molecule has 1 aromatic heterocycles. The molecule has 0 saturated carbocycles. The van der Waals surface area contributed by atoms with Gasteiger partial charge in [-0.25, -0.2) is 8.42 Å². The summed E-state index contributed by atoms with van der Waals surface area (Å²) in [6.45, 7) is 3.40. The van der Waals surface area contributed by atoms with Crippen molar-refractivity contribution < 1.29 is 13.2 Å². The van der Waals surface area contributed by atoms with E-state index in [1.54, 1.807) is 19.9 Å². The Labute approximate surface area is 116 Å². The van der Waals surface area contributed by atoms with E-state index in [1.165, 1.54) is 0 Å². The number of hydrogen-bond donors (Lipinski definition) is 1. The van der Waals surface area contributed by atoms with Crippen LogP contribution in [0.1, 0.15) is 21.7 Å². The van der Waals surface area contributed by atoms with Gasteiger partial charge < -0.3 is 5.32 Å². The third-order valence-electron chi connectivity index (χ3n) is 2.95. The van der Waals surface area contributed by atoms with E-state index >= 15 is 0 Å². The average Bonchev–Trinajstić information content (AvgIpc) is 2.55. The molecule has 1 saturated heterocycles. The van der Waals surface area contributed by atoms with E-state index in [2.05, 4.69) is 15.5 Å². The fourth-order valence-electron chi connectivity index (χ4n) is 1.96. The molecule has 1 amide bonds. The first-order valence-corrected chi connectivity index (χ1v) is 8.00. The summed E-state index contributed by atoms with van der Waals surface area (Å²) in [4.78, 5) is 12.1. The van der Waals surface area contributed by atoms with Crippen LogP contribution in [0.5, 0.6) is 0 Å². The van der Waals surface area contributed by atoms with E-state index in [0.717, 1.165) is 0 Å². The predicted molar refractivity (Wildman–Crippen MR) is 71.1 cm³/mol. The lowest BCUT2D eigenvalue weighted by Gasteiger charge is -2.15. The van der Waals surface area contributed by atoms with Gasteiger partial charge in [0.2, 0.25) is 0 Å². The van der Waals surface area contributed by atoms with Crippen LogP contribution in [-0.2, 0) is 9.84 Å². The molecule has 1 aliphatic heterocycles. The molecule has 1 aliphatic rings. The number of sulfone groups is 1. The van der Waals surface area contributed by atoms with Gasteiger partial charge in [-0.3, -0.25) is 4.79 Å². The van der Waals surface area contributed by atoms with E-state index < -0.39 is 21.3 Å². The molecule has 0 radical (unpaired) electrons. The Morgan fingerprint density at radius 1 is 1.37 bits per heavy atom. The van der Waals surface area contributed by atoms with Crippen LogP contribution in [0.25, 0.3) is 0 Å². The van der Waals surface area contributed by atoms with Crippen LogP contribution in [0.3, 0.4) is 0 Å². The van der Waals surface area contributed by atoms with E-state index in [4.69, 9.17) is 11.6 Å². The first-order chi connectivity index (χ1) is 8.78. The summed E-state index contributed by atoms with van der Waals surface area (Å²) >= 11 is 5.94. The van der Waals surface area contributed by atoms with Gasteiger partial charge in [-0.05, 0) is 19.9 Å². The highest BCUT2D eigenvalue weighted by Crippen LogP contribution is 2.18.